The summed E-state index contributed by atoms with van der Waals surface area (Å²) in [5.74, 6) is -0.0604. The third kappa shape index (κ3) is 6.13. The fraction of sp³-hybridized carbons (Fsp3) is 0.263. The molecule has 0 saturated carbocycles. The van der Waals surface area contributed by atoms with Gasteiger partial charge in [-0.2, -0.15) is 0 Å². The van der Waals surface area contributed by atoms with Crippen LogP contribution in [0.5, 0.6) is 5.75 Å². The number of benzene rings is 2. The van der Waals surface area contributed by atoms with Crippen molar-refractivity contribution in [2.75, 3.05) is 24.3 Å². The van der Waals surface area contributed by atoms with Crippen molar-refractivity contribution in [2.24, 2.45) is 0 Å². The fourth-order valence-corrected chi connectivity index (χ4v) is 2.62. The molecule has 0 radical (unpaired) electrons. The van der Waals surface area contributed by atoms with Gasteiger partial charge < -0.3 is 15.4 Å². The number of nitrogens with one attached hydrogen (secondary N) is 3. The molecule has 2 amide bonds. The van der Waals surface area contributed by atoms with Crippen LogP contribution in [-0.2, 0) is 9.59 Å². The van der Waals surface area contributed by atoms with Gasteiger partial charge in [0.25, 0.3) is 0 Å². The summed E-state index contributed by atoms with van der Waals surface area (Å²) in [7, 11) is 1.53. The fourth-order valence-electron chi connectivity index (χ4n) is 2.29. The number of hydrogen-bond donors (Lipinski definition) is 3. The Kier molecular flexibility index (Phi) is 7.47. The summed E-state index contributed by atoms with van der Waals surface area (Å²) in [6.45, 7) is 3.52. The highest BCUT2D eigenvalue weighted by molar-refractivity contribution is 6.35. The lowest BCUT2D eigenvalue weighted by Gasteiger charge is -2.15. The van der Waals surface area contributed by atoms with Crippen LogP contribution < -0.4 is 20.7 Å². The highest BCUT2D eigenvalue weighted by Crippen LogP contribution is 2.26. The summed E-state index contributed by atoms with van der Waals surface area (Å²) < 4.78 is 5.23. The maximum absolute atomic E-state index is 12.3. The molecule has 3 N–H and O–H groups in total. The quantitative estimate of drug-likeness (QED) is 0.648. The lowest BCUT2D eigenvalue weighted by Crippen LogP contribution is -2.42. The second-order valence-corrected chi connectivity index (χ2v) is 6.81. The Labute approximate surface area is 168 Å². The Bertz CT molecular complexity index is 843. The monoisotopic (exact) mass is 409 g/mol. The van der Waals surface area contributed by atoms with E-state index in [2.05, 4.69) is 16.0 Å². The molecule has 8 heteroatoms. The molecule has 2 rings (SSSR count). The minimum absolute atomic E-state index is 0.0467. The van der Waals surface area contributed by atoms with Crippen LogP contribution in [0.3, 0.4) is 0 Å². The number of aryl methyl sites for hydroxylation is 1. The van der Waals surface area contributed by atoms with Crippen LogP contribution in [0.15, 0.2) is 36.4 Å². The first kappa shape index (κ1) is 21.0. The van der Waals surface area contributed by atoms with Gasteiger partial charge in [-0.25, -0.2) is 0 Å². The van der Waals surface area contributed by atoms with Gasteiger partial charge >= 0.3 is 0 Å². The van der Waals surface area contributed by atoms with Crippen LogP contribution in [-0.4, -0.2) is 31.5 Å². The lowest BCUT2D eigenvalue weighted by atomic mass is 10.2. The molecule has 1 atom stereocenters. The highest BCUT2D eigenvalue weighted by atomic mass is 35.5. The Morgan fingerprint density at radius 2 is 1.81 bits per heavy atom. The van der Waals surface area contributed by atoms with Crippen LogP contribution >= 0.6 is 23.2 Å². The summed E-state index contributed by atoms with van der Waals surface area (Å²) in [5.41, 5.74) is 1.98. The van der Waals surface area contributed by atoms with Gasteiger partial charge in [0.15, 0.2) is 0 Å². The van der Waals surface area contributed by atoms with E-state index in [1.165, 1.54) is 7.11 Å². The Balaban J connectivity index is 1.90. The van der Waals surface area contributed by atoms with Crippen LogP contribution in [0.4, 0.5) is 11.4 Å². The van der Waals surface area contributed by atoms with Crippen LogP contribution in [0.1, 0.15) is 12.5 Å². The van der Waals surface area contributed by atoms with Crippen molar-refractivity contribution >= 4 is 46.4 Å². The second kappa shape index (κ2) is 9.60. The van der Waals surface area contributed by atoms with Crippen molar-refractivity contribution in [3.05, 3.63) is 52.0 Å². The first-order valence-corrected chi connectivity index (χ1v) is 8.99. The number of carbonyl (C=O) groups excluding carboxylic acids is 2. The average molecular weight is 410 g/mol. The molecule has 6 nitrogen and oxygen atoms in total. The smallest absolute Gasteiger partial charge is 0.241 e. The van der Waals surface area contributed by atoms with Gasteiger partial charge in [-0.15, -0.1) is 0 Å². The maximum atomic E-state index is 12.3. The van der Waals surface area contributed by atoms with E-state index in [-0.39, 0.29) is 18.4 Å². The van der Waals surface area contributed by atoms with Crippen molar-refractivity contribution in [1.82, 2.24) is 5.32 Å². The normalized spacial score (nSPS) is 11.6. The van der Waals surface area contributed by atoms with Gasteiger partial charge in [0.2, 0.25) is 11.8 Å². The van der Waals surface area contributed by atoms with E-state index >= 15 is 0 Å². The molecular weight excluding hydrogens is 389 g/mol. The molecule has 144 valence electrons. The van der Waals surface area contributed by atoms with Crippen molar-refractivity contribution < 1.29 is 14.3 Å². The molecule has 0 aliphatic heterocycles. The highest BCUT2D eigenvalue weighted by Gasteiger charge is 2.16. The van der Waals surface area contributed by atoms with E-state index in [4.69, 9.17) is 27.9 Å². The number of anilines is 2. The van der Waals surface area contributed by atoms with Crippen molar-refractivity contribution in [1.29, 1.82) is 0 Å². The van der Waals surface area contributed by atoms with E-state index in [1.807, 2.05) is 19.1 Å². The zero-order chi connectivity index (χ0) is 20.0. The molecular formula is C19H21Cl2N3O3. The average Bonchev–Trinajstić information content (AvgIpc) is 2.63. The summed E-state index contributed by atoms with van der Waals surface area (Å²) in [6.07, 6.45) is 0. The SMILES string of the molecule is COc1ccc(C)cc1NC(=O)CN[C@H](C)C(=O)Nc1cc(Cl)ccc1Cl. The van der Waals surface area contributed by atoms with Gasteiger partial charge in [0.05, 0.1) is 36.1 Å². The Hall–Kier alpha value is -2.28. The van der Waals surface area contributed by atoms with E-state index in [9.17, 15) is 9.59 Å². The van der Waals surface area contributed by atoms with Crippen LogP contribution in [0.2, 0.25) is 10.0 Å². The van der Waals surface area contributed by atoms with Crippen molar-refractivity contribution in [3.8, 4) is 5.75 Å². The summed E-state index contributed by atoms with van der Waals surface area (Å²) in [5, 5.41) is 9.15. The number of rotatable bonds is 7. The summed E-state index contributed by atoms with van der Waals surface area (Å²) in [6, 6.07) is 9.65. The Morgan fingerprint density at radius 3 is 2.52 bits per heavy atom. The molecule has 0 unspecified atom stereocenters. The zero-order valence-corrected chi connectivity index (χ0v) is 16.7. The summed E-state index contributed by atoms with van der Waals surface area (Å²) >= 11 is 11.9. The van der Waals surface area contributed by atoms with Gasteiger partial charge in [0, 0.05) is 5.02 Å². The van der Waals surface area contributed by atoms with E-state index in [0.717, 1.165) is 5.56 Å². The molecule has 0 fully saturated rings. The van der Waals surface area contributed by atoms with Gasteiger partial charge in [-0.3, -0.25) is 14.9 Å². The molecule has 0 aromatic heterocycles. The van der Waals surface area contributed by atoms with Gasteiger partial charge in [0.1, 0.15) is 5.75 Å². The third-order valence-electron chi connectivity index (χ3n) is 3.78. The second-order valence-electron chi connectivity index (χ2n) is 5.97. The molecule has 2 aromatic carbocycles. The van der Waals surface area contributed by atoms with Crippen LogP contribution in [0.25, 0.3) is 0 Å². The number of amides is 2. The standard InChI is InChI=1S/C19H21Cl2N3O3/c1-11-4-7-17(27-3)16(8-11)23-18(25)10-22-12(2)19(26)24-15-9-13(20)5-6-14(15)21/h4-9,12,22H,10H2,1-3H3,(H,23,25)(H,24,26)/t12-/m1/s1. The van der Waals surface area contributed by atoms with E-state index < -0.39 is 6.04 Å². The summed E-state index contributed by atoms with van der Waals surface area (Å²) in [4.78, 5) is 24.4. The van der Waals surface area contributed by atoms with Gasteiger partial charge in [-0.1, -0.05) is 29.3 Å². The number of hydrogen-bond acceptors (Lipinski definition) is 4. The van der Waals surface area contributed by atoms with E-state index in [1.54, 1.807) is 31.2 Å². The maximum Gasteiger partial charge on any atom is 0.241 e. The van der Waals surface area contributed by atoms with Crippen molar-refractivity contribution in [3.63, 3.8) is 0 Å². The molecule has 0 heterocycles. The zero-order valence-electron chi connectivity index (χ0n) is 15.2. The predicted molar refractivity (Wildman–Crippen MR) is 109 cm³/mol. The minimum Gasteiger partial charge on any atom is -0.495 e. The third-order valence-corrected chi connectivity index (χ3v) is 4.34. The minimum atomic E-state index is -0.620. The largest absolute Gasteiger partial charge is 0.495 e. The molecule has 0 aliphatic rings. The molecule has 2 aromatic rings. The molecule has 0 aliphatic carbocycles. The van der Waals surface area contributed by atoms with Crippen molar-refractivity contribution in [2.45, 2.75) is 19.9 Å². The number of ether oxygens (including phenoxy) is 1. The lowest BCUT2D eigenvalue weighted by molar-refractivity contribution is -0.118. The first-order chi connectivity index (χ1) is 12.8. The predicted octanol–water partition coefficient (Wildman–Crippen LogP) is 3.87. The molecule has 0 saturated heterocycles. The number of carbonyl (C=O) groups is 2. The van der Waals surface area contributed by atoms with Crippen LogP contribution in [0, 0.1) is 6.92 Å². The molecule has 27 heavy (non-hydrogen) atoms. The van der Waals surface area contributed by atoms with Gasteiger partial charge in [-0.05, 0) is 49.7 Å². The first-order valence-electron chi connectivity index (χ1n) is 8.24. The van der Waals surface area contributed by atoms with E-state index in [0.29, 0.717) is 27.2 Å². The number of methoxy groups -OCH3 is 1. The molecule has 0 spiro atoms. The molecule has 0 bridgehead atoms. The topological polar surface area (TPSA) is 79.5 Å². The Morgan fingerprint density at radius 1 is 1.07 bits per heavy atom. The number of halogens is 2.